The molecule has 0 aliphatic rings. The average molecular weight is 443 g/mol. The van der Waals surface area contributed by atoms with E-state index in [1.807, 2.05) is 54.6 Å². The zero-order valence-electron chi connectivity index (χ0n) is 16.1. The topological polar surface area (TPSA) is 74.4 Å². The molecule has 2 aromatic carbocycles. The molecule has 0 radical (unpaired) electrons. The van der Waals surface area contributed by atoms with Crippen LogP contribution in [0.4, 0.5) is 0 Å². The molecule has 0 fully saturated rings. The van der Waals surface area contributed by atoms with Crippen LogP contribution in [0.25, 0.3) is 44.5 Å². The van der Waals surface area contributed by atoms with E-state index < -0.39 is 0 Å². The molecule has 7 heteroatoms. The Kier molecular flexibility index (Phi) is 4.94. The van der Waals surface area contributed by atoms with E-state index in [4.69, 9.17) is 23.8 Å². The lowest BCUT2D eigenvalue weighted by Crippen LogP contribution is -2.12. The molecule has 0 amide bonds. The molecule has 5 aromatic rings. The summed E-state index contributed by atoms with van der Waals surface area (Å²) in [6, 6.07) is 20.7. The van der Waals surface area contributed by atoms with Gasteiger partial charge in [0, 0.05) is 45.0 Å². The summed E-state index contributed by atoms with van der Waals surface area (Å²) in [6.07, 6.45) is 3.42. The first-order valence-corrected chi connectivity index (χ1v) is 10.3. The number of hydrogen-bond acceptors (Lipinski definition) is 4. The molecule has 150 valence electrons. The Hall–Kier alpha value is -3.61. The minimum Gasteiger partial charge on any atom is -0.330 e. The monoisotopic (exact) mass is 442 g/mol. The first kappa shape index (κ1) is 19.4. The van der Waals surface area contributed by atoms with Gasteiger partial charge in [0.1, 0.15) is 0 Å². The first-order valence-electron chi connectivity index (χ1n) is 9.53. The van der Waals surface area contributed by atoms with Crippen LogP contribution in [-0.4, -0.2) is 19.9 Å². The van der Waals surface area contributed by atoms with Crippen molar-refractivity contribution in [2.75, 3.05) is 0 Å². The summed E-state index contributed by atoms with van der Waals surface area (Å²) in [5, 5.41) is 1.38. The molecule has 0 atom stereocenters. The maximum absolute atomic E-state index is 13.3. The minimum atomic E-state index is -0.246. The maximum Gasteiger partial charge on any atom is 0.258 e. The summed E-state index contributed by atoms with van der Waals surface area (Å²) in [7, 11) is 0. The van der Waals surface area contributed by atoms with Crippen molar-refractivity contribution >= 4 is 34.7 Å². The quantitative estimate of drug-likeness (QED) is 0.334. The van der Waals surface area contributed by atoms with E-state index in [-0.39, 0.29) is 5.56 Å². The Labute approximate surface area is 187 Å². The van der Waals surface area contributed by atoms with Gasteiger partial charge in [-0.1, -0.05) is 48.0 Å². The largest absolute Gasteiger partial charge is 0.330 e. The summed E-state index contributed by atoms with van der Waals surface area (Å²) < 4.78 is 0.291. The van der Waals surface area contributed by atoms with Crippen molar-refractivity contribution in [2.45, 2.75) is 0 Å². The van der Waals surface area contributed by atoms with Gasteiger partial charge < -0.3 is 9.97 Å². The SMILES string of the molecule is O=c1[nH]c2ccc(Cl)cc2c(-c2cccnc2)c1-c1cc(-c2ccccc2)nc(=S)[nH]1. The van der Waals surface area contributed by atoms with Crippen LogP contribution in [0.15, 0.2) is 83.9 Å². The van der Waals surface area contributed by atoms with Gasteiger partial charge in [0.05, 0.1) is 17.0 Å². The summed E-state index contributed by atoms with van der Waals surface area (Å²) in [5.41, 5.74) is 4.58. The number of aromatic nitrogens is 4. The number of nitrogens with zero attached hydrogens (tertiary/aromatic N) is 2. The van der Waals surface area contributed by atoms with Crippen LogP contribution < -0.4 is 5.56 Å². The average Bonchev–Trinajstić information content (AvgIpc) is 2.79. The van der Waals surface area contributed by atoms with Crippen LogP contribution in [0.5, 0.6) is 0 Å². The predicted octanol–water partition coefficient (Wildman–Crippen LogP) is 6.03. The molecule has 3 aromatic heterocycles. The van der Waals surface area contributed by atoms with E-state index in [1.54, 1.807) is 24.5 Å². The highest BCUT2D eigenvalue weighted by Crippen LogP contribution is 2.35. The summed E-state index contributed by atoms with van der Waals surface area (Å²) in [6.45, 7) is 0. The first-order chi connectivity index (χ1) is 15.1. The van der Waals surface area contributed by atoms with Crippen molar-refractivity contribution in [3.8, 4) is 33.6 Å². The van der Waals surface area contributed by atoms with Crippen molar-refractivity contribution < 1.29 is 0 Å². The zero-order chi connectivity index (χ0) is 21.4. The number of rotatable bonds is 3. The molecule has 0 aliphatic carbocycles. The molecule has 2 N–H and O–H groups in total. The third-order valence-electron chi connectivity index (χ3n) is 5.01. The van der Waals surface area contributed by atoms with Gasteiger partial charge in [0.15, 0.2) is 4.77 Å². The molecular formula is C24H15ClN4OS. The number of halogens is 1. The van der Waals surface area contributed by atoms with Crippen LogP contribution in [0, 0.1) is 4.77 Å². The fourth-order valence-corrected chi connectivity index (χ4v) is 4.06. The van der Waals surface area contributed by atoms with Gasteiger partial charge in [-0.05, 0) is 42.5 Å². The van der Waals surface area contributed by atoms with Gasteiger partial charge in [-0.3, -0.25) is 9.78 Å². The Morgan fingerprint density at radius 2 is 1.68 bits per heavy atom. The molecule has 31 heavy (non-hydrogen) atoms. The number of nitrogens with one attached hydrogen (secondary N) is 2. The molecule has 0 saturated heterocycles. The number of fused-ring (bicyclic) bond motifs is 1. The van der Waals surface area contributed by atoms with Crippen LogP contribution in [0.1, 0.15) is 0 Å². The molecule has 5 rings (SSSR count). The number of aromatic amines is 2. The second kappa shape index (κ2) is 7.91. The molecule has 3 heterocycles. The normalized spacial score (nSPS) is 11.0. The molecule has 0 bridgehead atoms. The van der Waals surface area contributed by atoms with E-state index in [1.165, 1.54) is 0 Å². The highest BCUT2D eigenvalue weighted by Gasteiger charge is 2.18. The fourth-order valence-electron chi connectivity index (χ4n) is 3.68. The van der Waals surface area contributed by atoms with Crippen LogP contribution in [0.2, 0.25) is 5.02 Å². The van der Waals surface area contributed by atoms with Crippen molar-refractivity contribution in [1.82, 2.24) is 19.9 Å². The van der Waals surface area contributed by atoms with Crippen LogP contribution in [-0.2, 0) is 0 Å². The van der Waals surface area contributed by atoms with Gasteiger partial charge in [0.25, 0.3) is 5.56 Å². The number of H-pyrrole nitrogens is 2. The molecule has 0 aliphatic heterocycles. The molecule has 0 spiro atoms. The van der Waals surface area contributed by atoms with E-state index in [0.717, 1.165) is 22.1 Å². The Morgan fingerprint density at radius 3 is 2.45 bits per heavy atom. The smallest absolute Gasteiger partial charge is 0.258 e. The molecule has 0 saturated carbocycles. The maximum atomic E-state index is 13.3. The number of pyridine rings is 2. The third-order valence-corrected chi connectivity index (χ3v) is 5.44. The van der Waals surface area contributed by atoms with Gasteiger partial charge in [-0.25, -0.2) is 4.98 Å². The lowest BCUT2D eigenvalue weighted by atomic mass is 9.95. The van der Waals surface area contributed by atoms with Gasteiger partial charge >= 0.3 is 0 Å². The molecular weight excluding hydrogens is 428 g/mol. The Morgan fingerprint density at radius 1 is 0.871 bits per heavy atom. The summed E-state index contributed by atoms with van der Waals surface area (Å²) in [4.78, 5) is 28.0. The van der Waals surface area contributed by atoms with Gasteiger partial charge in [-0.15, -0.1) is 0 Å². The third kappa shape index (κ3) is 3.67. The zero-order valence-corrected chi connectivity index (χ0v) is 17.7. The lowest BCUT2D eigenvalue weighted by molar-refractivity contribution is 1.14. The van der Waals surface area contributed by atoms with E-state index in [9.17, 15) is 4.79 Å². The highest BCUT2D eigenvalue weighted by molar-refractivity contribution is 7.71. The highest BCUT2D eigenvalue weighted by atomic mass is 35.5. The minimum absolute atomic E-state index is 0.246. The number of hydrogen-bond donors (Lipinski definition) is 2. The summed E-state index contributed by atoms with van der Waals surface area (Å²) >= 11 is 11.7. The predicted molar refractivity (Wildman–Crippen MR) is 127 cm³/mol. The standard InChI is InChI=1S/C24H15ClN4OS/c25-16-8-9-18-17(11-16)21(15-7-4-10-26-13-15)22(23(30)27-18)20-12-19(28-24(31)29-20)14-5-2-1-3-6-14/h1-13H,(H,27,30)(H,28,29,31). The van der Waals surface area contributed by atoms with Crippen molar-refractivity contribution in [1.29, 1.82) is 0 Å². The molecule has 5 nitrogen and oxygen atoms in total. The Balaban J connectivity index is 1.88. The van der Waals surface area contributed by atoms with Gasteiger partial charge in [-0.2, -0.15) is 0 Å². The Bertz CT molecular complexity index is 1530. The lowest BCUT2D eigenvalue weighted by Gasteiger charge is -2.14. The number of benzene rings is 2. The van der Waals surface area contributed by atoms with Gasteiger partial charge in [0.2, 0.25) is 0 Å². The summed E-state index contributed by atoms with van der Waals surface area (Å²) in [5.74, 6) is 0. The van der Waals surface area contributed by atoms with E-state index in [2.05, 4.69) is 19.9 Å². The van der Waals surface area contributed by atoms with Crippen molar-refractivity contribution in [3.05, 3.63) is 99.3 Å². The molecule has 0 unspecified atom stereocenters. The van der Waals surface area contributed by atoms with Crippen LogP contribution in [0.3, 0.4) is 0 Å². The van der Waals surface area contributed by atoms with Crippen molar-refractivity contribution in [2.24, 2.45) is 0 Å². The van der Waals surface area contributed by atoms with E-state index in [0.29, 0.717) is 32.3 Å². The van der Waals surface area contributed by atoms with Crippen molar-refractivity contribution in [3.63, 3.8) is 0 Å². The second-order valence-electron chi connectivity index (χ2n) is 6.99. The fraction of sp³-hybridized carbons (Fsp3) is 0. The van der Waals surface area contributed by atoms with E-state index >= 15 is 0 Å². The van der Waals surface area contributed by atoms with Crippen LogP contribution >= 0.6 is 23.8 Å². The second-order valence-corrected chi connectivity index (χ2v) is 7.81.